The summed E-state index contributed by atoms with van der Waals surface area (Å²) >= 11 is 1.88. The average Bonchev–Trinajstić information content (AvgIpc) is 1.97. The molecule has 0 rings (SSSR count). The van der Waals surface area contributed by atoms with Crippen LogP contribution in [-0.4, -0.2) is 35.3 Å². The van der Waals surface area contributed by atoms with Crippen molar-refractivity contribution in [3.8, 4) is 0 Å². The molecule has 0 aliphatic carbocycles. The highest BCUT2D eigenvalue weighted by Gasteiger charge is 2.05. The van der Waals surface area contributed by atoms with Crippen molar-refractivity contribution in [1.82, 2.24) is 5.32 Å². The third kappa shape index (κ3) is 6.66. The minimum atomic E-state index is 0.244. The van der Waals surface area contributed by atoms with Gasteiger partial charge in [0.25, 0.3) is 0 Å². The second kappa shape index (κ2) is 6.95. The van der Waals surface area contributed by atoms with E-state index in [0.717, 1.165) is 12.3 Å². The third-order valence-electron chi connectivity index (χ3n) is 1.34. The van der Waals surface area contributed by atoms with Crippen LogP contribution in [0.5, 0.6) is 0 Å². The SMILES string of the molecule is CCNC(CO)CSC(C)C. The second-order valence-electron chi connectivity index (χ2n) is 2.82. The molecule has 0 spiro atoms. The van der Waals surface area contributed by atoms with Crippen LogP contribution in [0.3, 0.4) is 0 Å². The van der Waals surface area contributed by atoms with Crippen molar-refractivity contribution in [3.05, 3.63) is 0 Å². The van der Waals surface area contributed by atoms with Crippen molar-refractivity contribution in [2.45, 2.75) is 32.1 Å². The monoisotopic (exact) mass is 177 g/mol. The van der Waals surface area contributed by atoms with E-state index >= 15 is 0 Å². The summed E-state index contributed by atoms with van der Waals surface area (Å²) in [6, 6.07) is 0.271. The molecule has 1 atom stereocenters. The van der Waals surface area contributed by atoms with Gasteiger partial charge in [-0.2, -0.15) is 11.8 Å². The predicted octanol–water partition coefficient (Wildman–Crippen LogP) is 1.10. The lowest BCUT2D eigenvalue weighted by molar-refractivity contribution is 0.255. The highest BCUT2D eigenvalue weighted by atomic mass is 32.2. The smallest absolute Gasteiger partial charge is 0.0592 e. The van der Waals surface area contributed by atoms with E-state index < -0.39 is 0 Å². The molecule has 0 fully saturated rings. The second-order valence-corrected chi connectivity index (χ2v) is 4.43. The number of likely N-dealkylation sites (N-methyl/N-ethyl adjacent to an activating group) is 1. The summed E-state index contributed by atoms with van der Waals surface area (Å²) < 4.78 is 0. The molecule has 0 radical (unpaired) electrons. The first kappa shape index (κ1) is 11.3. The van der Waals surface area contributed by atoms with E-state index in [2.05, 4.69) is 26.1 Å². The van der Waals surface area contributed by atoms with Gasteiger partial charge in [0.2, 0.25) is 0 Å². The largest absolute Gasteiger partial charge is 0.395 e. The fourth-order valence-electron chi connectivity index (χ4n) is 0.773. The molecule has 0 bridgehead atoms. The van der Waals surface area contributed by atoms with Crippen LogP contribution >= 0.6 is 11.8 Å². The first-order valence-electron chi connectivity index (χ1n) is 4.16. The van der Waals surface area contributed by atoms with Crippen LogP contribution in [0.25, 0.3) is 0 Å². The lowest BCUT2D eigenvalue weighted by Gasteiger charge is -2.15. The Hall–Kier alpha value is 0.270. The van der Waals surface area contributed by atoms with Gasteiger partial charge in [-0.3, -0.25) is 0 Å². The summed E-state index contributed by atoms with van der Waals surface area (Å²) in [5.74, 6) is 1.00. The molecule has 0 heterocycles. The first-order valence-corrected chi connectivity index (χ1v) is 5.21. The quantitative estimate of drug-likeness (QED) is 0.637. The van der Waals surface area contributed by atoms with Crippen molar-refractivity contribution in [1.29, 1.82) is 0 Å². The first-order chi connectivity index (χ1) is 5.20. The fraction of sp³-hybridized carbons (Fsp3) is 1.00. The van der Waals surface area contributed by atoms with Gasteiger partial charge < -0.3 is 10.4 Å². The summed E-state index contributed by atoms with van der Waals surface area (Å²) in [6.45, 7) is 7.58. The highest BCUT2D eigenvalue weighted by Crippen LogP contribution is 2.09. The van der Waals surface area contributed by atoms with Crippen LogP contribution in [0, 0.1) is 0 Å². The molecule has 0 aromatic rings. The Labute approximate surface area is 73.8 Å². The van der Waals surface area contributed by atoms with Gasteiger partial charge in [-0.05, 0) is 11.8 Å². The zero-order chi connectivity index (χ0) is 8.69. The van der Waals surface area contributed by atoms with E-state index in [1.165, 1.54) is 0 Å². The number of hydrogen-bond donors (Lipinski definition) is 2. The number of aliphatic hydroxyl groups is 1. The van der Waals surface area contributed by atoms with Crippen molar-refractivity contribution in [3.63, 3.8) is 0 Å². The average molecular weight is 177 g/mol. The van der Waals surface area contributed by atoms with Crippen LogP contribution in [-0.2, 0) is 0 Å². The topological polar surface area (TPSA) is 32.3 Å². The molecule has 0 aromatic heterocycles. The Bertz CT molecular complexity index is 88.2. The van der Waals surface area contributed by atoms with Crippen LogP contribution < -0.4 is 5.32 Å². The molecule has 0 aliphatic heterocycles. The Morgan fingerprint density at radius 1 is 1.45 bits per heavy atom. The minimum Gasteiger partial charge on any atom is -0.395 e. The van der Waals surface area contributed by atoms with Crippen molar-refractivity contribution >= 4 is 11.8 Å². The van der Waals surface area contributed by atoms with E-state index in [9.17, 15) is 0 Å². The molecule has 0 aromatic carbocycles. The maximum absolute atomic E-state index is 8.89. The molecule has 0 saturated heterocycles. The number of aliphatic hydroxyl groups excluding tert-OH is 1. The number of nitrogens with one attached hydrogen (secondary N) is 1. The van der Waals surface area contributed by atoms with Crippen LogP contribution in [0.1, 0.15) is 20.8 Å². The van der Waals surface area contributed by atoms with Gasteiger partial charge in [0.15, 0.2) is 0 Å². The van der Waals surface area contributed by atoms with Gasteiger partial charge in [0, 0.05) is 11.8 Å². The molecular formula is C8H19NOS. The summed E-state index contributed by atoms with van der Waals surface area (Å²) in [7, 11) is 0. The zero-order valence-electron chi connectivity index (χ0n) is 7.63. The molecule has 0 amide bonds. The summed E-state index contributed by atoms with van der Waals surface area (Å²) in [6.07, 6.45) is 0. The normalized spacial score (nSPS) is 13.9. The highest BCUT2D eigenvalue weighted by molar-refractivity contribution is 7.99. The van der Waals surface area contributed by atoms with Crippen molar-refractivity contribution in [2.75, 3.05) is 18.9 Å². The van der Waals surface area contributed by atoms with Crippen LogP contribution in [0.2, 0.25) is 0 Å². The fourth-order valence-corrected chi connectivity index (χ4v) is 1.61. The number of thioether (sulfide) groups is 1. The molecule has 0 aliphatic rings. The summed E-state index contributed by atoms with van der Waals surface area (Å²) in [4.78, 5) is 0. The van der Waals surface area contributed by atoms with Gasteiger partial charge in [-0.15, -0.1) is 0 Å². The summed E-state index contributed by atoms with van der Waals surface area (Å²) in [5.41, 5.74) is 0. The molecule has 1 unspecified atom stereocenters. The Morgan fingerprint density at radius 2 is 2.09 bits per heavy atom. The van der Waals surface area contributed by atoms with Crippen molar-refractivity contribution in [2.24, 2.45) is 0 Å². The minimum absolute atomic E-state index is 0.244. The Balaban J connectivity index is 3.35. The zero-order valence-corrected chi connectivity index (χ0v) is 8.45. The van der Waals surface area contributed by atoms with E-state index in [-0.39, 0.29) is 12.6 Å². The molecule has 2 N–H and O–H groups in total. The Kier molecular flexibility index (Phi) is 7.12. The molecule has 68 valence electrons. The molecule has 11 heavy (non-hydrogen) atoms. The molecular weight excluding hydrogens is 158 g/mol. The maximum atomic E-state index is 8.89. The Morgan fingerprint density at radius 3 is 2.45 bits per heavy atom. The van der Waals surface area contributed by atoms with E-state index in [4.69, 9.17) is 5.11 Å². The van der Waals surface area contributed by atoms with Gasteiger partial charge in [0.1, 0.15) is 0 Å². The number of hydrogen-bond acceptors (Lipinski definition) is 3. The van der Waals surface area contributed by atoms with Gasteiger partial charge >= 0.3 is 0 Å². The van der Waals surface area contributed by atoms with E-state index in [1.807, 2.05) is 11.8 Å². The lowest BCUT2D eigenvalue weighted by atomic mass is 10.3. The van der Waals surface area contributed by atoms with E-state index in [1.54, 1.807) is 0 Å². The molecule has 2 nitrogen and oxygen atoms in total. The van der Waals surface area contributed by atoms with Gasteiger partial charge in [0.05, 0.1) is 6.61 Å². The third-order valence-corrected chi connectivity index (χ3v) is 2.61. The molecule has 0 saturated carbocycles. The van der Waals surface area contributed by atoms with E-state index in [0.29, 0.717) is 5.25 Å². The standard InChI is InChI=1S/C8H19NOS/c1-4-9-8(5-10)6-11-7(2)3/h7-10H,4-6H2,1-3H3. The van der Waals surface area contributed by atoms with Crippen LogP contribution in [0.15, 0.2) is 0 Å². The van der Waals surface area contributed by atoms with Gasteiger partial charge in [-0.1, -0.05) is 20.8 Å². The van der Waals surface area contributed by atoms with Crippen molar-refractivity contribution < 1.29 is 5.11 Å². The lowest BCUT2D eigenvalue weighted by Crippen LogP contribution is -2.34. The van der Waals surface area contributed by atoms with Crippen LogP contribution in [0.4, 0.5) is 0 Å². The summed E-state index contributed by atoms with van der Waals surface area (Å²) in [5, 5.41) is 12.8. The number of rotatable bonds is 6. The maximum Gasteiger partial charge on any atom is 0.0592 e. The molecule has 3 heteroatoms. The predicted molar refractivity (Wildman–Crippen MR) is 52.1 cm³/mol. The van der Waals surface area contributed by atoms with Gasteiger partial charge in [-0.25, -0.2) is 0 Å².